The van der Waals surface area contributed by atoms with Gasteiger partial charge in [0, 0.05) is 6.54 Å². The predicted molar refractivity (Wildman–Crippen MR) is 90.6 cm³/mol. The van der Waals surface area contributed by atoms with Crippen LogP contribution in [0.5, 0.6) is 0 Å². The molecule has 1 aliphatic carbocycles. The zero-order valence-corrected chi connectivity index (χ0v) is 13.5. The molecule has 0 aromatic heterocycles. The summed E-state index contributed by atoms with van der Waals surface area (Å²) in [6.45, 7) is 8.76. The van der Waals surface area contributed by atoms with E-state index in [0.717, 1.165) is 26.3 Å². The third kappa shape index (κ3) is 2.83. The van der Waals surface area contributed by atoms with Crippen molar-refractivity contribution in [2.75, 3.05) is 26.8 Å². The van der Waals surface area contributed by atoms with E-state index in [1.165, 1.54) is 29.2 Å². The average Bonchev–Trinajstić information content (AvgIpc) is 2.48. The maximum absolute atomic E-state index is 2.52. The second-order valence-corrected chi connectivity index (χ2v) is 6.18. The maximum Gasteiger partial charge on any atom is 0.0506 e. The fourth-order valence-electron chi connectivity index (χ4n) is 3.25. The molecule has 0 spiro atoms. The van der Waals surface area contributed by atoms with Gasteiger partial charge < -0.3 is 0 Å². The molecule has 3 rings (SSSR count). The molecule has 0 atom stereocenters. The molecule has 21 heavy (non-hydrogen) atoms. The minimum Gasteiger partial charge on any atom is -0.294 e. The summed E-state index contributed by atoms with van der Waals surface area (Å²) in [4.78, 5) is 4.89. The lowest BCUT2D eigenvalue weighted by molar-refractivity contribution is 0.160. The summed E-state index contributed by atoms with van der Waals surface area (Å²) in [6, 6.07) is 11.4. The Balaban J connectivity index is 1.91. The first-order valence-corrected chi connectivity index (χ1v) is 8.16. The molecule has 0 N–H and O–H groups in total. The van der Waals surface area contributed by atoms with Gasteiger partial charge in [-0.1, -0.05) is 44.2 Å². The molecule has 2 aromatic carbocycles. The van der Waals surface area contributed by atoms with Crippen molar-refractivity contribution in [1.82, 2.24) is 9.80 Å². The maximum atomic E-state index is 2.52. The van der Waals surface area contributed by atoms with Crippen LogP contribution in [0.4, 0.5) is 0 Å². The molecule has 1 aliphatic rings. The van der Waals surface area contributed by atoms with E-state index in [9.17, 15) is 0 Å². The summed E-state index contributed by atoms with van der Waals surface area (Å²) >= 11 is 0. The van der Waals surface area contributed by atoms with Gasteiger partial charge in [-0.15, -0.1) is 0 Å². The number of fused-ring (bicyclic) bond motifs is 3. The molecule has 2 aromatic rings. The number of hydrogen-bond donors (Lipinski definition) is 0. The van der Waals surface area contributed by atoms with Crippen LogP contribution < -0.4 is 0 Å². The molecule has 2 nitrogen and oxygen atoms in total. The van der Waals surface area contributed by atoms with Crippen LogP contribution in [0.25, 0.3) is 10.8 Å². The zero-order valence-electron chi connectivity index (χ0n) is 13.5. The normalized spacial score (nSPS) is 13.8. The van der Waals surface area contributed by atoms with Gasteiger partial charge in [0.2, 0.25) is 0 Å². The van der Waals surface area contributed by atoms with Gasteiger partial charge in [-0.05, 0) is 60.4 Å². The van der Waals surface area contributed by atoms with E-state index in [0.29, 0.717) is 0 Å². The summed E-state index contributed by atoms with van der Waals surface area (Å²) in [5, 5.41) is 2.93. The highest BCUT2D eigenvalue weighted by Gasteiger charge is 2.19. The summed E-state index contributed by atoms with van der Waals surface area (Å²) in [5.74, 6) is 0. The highest BCUT2D eigenvalue weighted by Crippen LogP contribution is 2.34. The zero-order chi connectivity index (χ0) is 14.8. The first kappa shape index (κ1) is 14.6. The fraction of sp³-hybridized carbons (Fsp3) is 0.474. The van der Waals surface area contributed by atoms with E-state index in [2.05, 4.69) is 61.0 Å². The molecule has 112 valence electrons. The van der Waals surface area contributed by atoms with Crippen molar-refractivity contribution in [2.24, 2.45) is 0 Å². The number of nitrogens with zero attached hydrogens (tertiary/aromatic N) is 2. The van der Waals surface area contributed by atoms with Crippen LogP contribution in [0.15, 0.2) is 30.3 Å². The van der Waals surface area contributed by atoms with E-state index in [1.807, 2.05) is 0 Å². The molecule has 0 unspecified atom stereocenters. The van der Waals surface area contributed by atoms with E-state index in [1.54, 1.807) is 11.1 Å². The summed E-state index contributed by atoms with van der Waals surface area (Å²) in [6.07, 6.45) is 2.51. The molecule has 0 saturated heterocycles. The Morgan fingerprint density at radius 3 is 2.38 bits per heavy atom. The molecule has 0 amide bonds. The highest BCUT2D eigenvalue weighted by atomic mass is 15.3. The van der Waals surface area contributed by atoms with Crippen LogP contribution >= 0.6 is 0 Å². The van der Waals surface area contributed by atoms with Crippen LogP contribution in [0.2, 0.25) is 0 Å². The molecular formula is C19H26N2. The summed E-state index contributed by atoms with van der Waals surface area (Å²) < 4.78 is 0. The molecule has 2 heteroatoms. The number of rotatable bonds is 6. The van der Waals surface area contributed by atoms with Crippen LogP contribution in [0.1, 0.15) is 30.5 Å². The van der Waals surface area contributed by atoms with Gasteiger partial charge in [0.25, 0.3) is 0 Å². The Morgan fingerprint density at radius 1 is 1.00 bits per heavy atom. The van der Waals surface area contributed by atoms with Crippen molar-refractivity contribution in [3.05, 3.63) is 47.0 Å². The molecule has 0 heterocycles. The Morgan fingerprint density at radius 2 is 1.76 bits per heavy atom. The van der Waals surface area contributed by atoms with Crippen molar-refractivity contribution in [3.8, 4) is 0 Å². The second-order valence-electron chi connectivity index (χ2n) is 6.18. The molecule has 0 aliphatic heterocycles. The van der Waals surface area contributed by atoms with Crippen molar-refractivity contribution in [2.45, 2.75) is 33.2 Å². The Hall–Kier alpha value is -1.38. The minimum atomic E-state index is 1.04. The Bertz CT molecular complexity index is 633. The van der Waals surface area contributed by atoms with Crippen molar-refractivity contribution < 1.29 is 0 Å². The van der Waals surface area contributed by atoms with Gasteiger partial charge in [0.05, 0.1) is 6.67 Å². The first-order chi connectivity index (χ1) is 10.2. The van der Waals surface area contributed by atoms with Gasteiger partial charge in [0.1, 0.15) is 0 Å². The lowest BCUT2D eigenvalue weighted by Crippen LogP contribution is -2.35. The van der Waals surface area contributed by atoms with Crippen LogP contribution in [0.3, 0.4) is 0 Å². The van der Waals surface area contributed by atoms with Crippen molar-refractivity contribution in [1.29, 1.82) is 0 Å². The minimum absolute atomic E-state index is 1.04. The highest BCUT2D eigenvalue weighted by molar-refractivity contribution is 5.91. The van der Waals surface area contributed by atoms with Gasteiger partial charge in [-0.25, -0.2) is 0 Å². The Labute approximate surface area is 128 Å². The van der Waals surface area contributed by atoms with Gasteiger partial charge in [0.15, 0.2) is 0 Å². The van der Waals surface area contributed by atoms with E-state index < -0.39 is 0 Å². The standard InChI is InChI=1S/C19H26N2/c1-4-20(3)14-21(5-2)13-16-12-15-10-11-18(15)19-9-7-6-8-17(16)19/h6-9,12H,4-5,10-11,13-14H2,1-3H3. The van der Waals surface area contributed by atoms with E-state index in [-0.39, 0.29) is 0 Å². The number of benzene rings is 2. The topological polar surface area (TPSA) is 6.48 Å². The van der Waals surface area contributed by atoms with E-state index >= 15 is 0 Å². The monoisotopic (exact) mass is 282 g/mol. The largest absolute Gasteiger partial charge is 0.294 e. The van der Waals surface area contributed by atoms with Crippen molar-refractivity contribution >= 4 is 10.8 Å². The van der Waals surface area contributed by atoms with Gasteiger partial charge >= 0.3 is 0 Å². The average molecular weight is 282 g/mol. The fourth-order valence-corrected chi connectivity index (χ4v) is 3.25. The molecule has 0 bridgehead atoms. The number of hydrogen-bond acceptors (Lipinski definition) is 2. The lowest BCUT2D eigenvalue weighted by atomic mass is 9.82. The second kappa shape index (κ2) is 6.17. The predicted octanol–water partition coefficient (Wildman–Crippen LogP) is 3.67. The third-order valence-electron chi connectivity index (χ3n) is 4.80. The van der Waals surface area contributed by atoms with Crippen LogP contribution in [-0.2, 0) is 19.4 Å². The molecule has 0 radical (unpaired) electrons. The molecule has 0 fully saturated rings. The quantitative estimate of drug-likeness (QED) is 0.746. The summed E-state index contributed by atoms with van der Waals surface area (Å²) in [7, 11) is 2.19. The third-order valence-corrected chi connectivity index (χ3v) is 4.80. The first-order valence-electron chi connectivity index (χ1n) is 8.16. The number of aryl methyl sites for hydroxylation is 2. The van der Waals surface area contributed by atoms with Crippen LogP contribution in [0, 0.1) is 0 Å². The van der Waals surface area contributed by atoms with Crippen LogP contribution in [-0.4, -0.2) is 36.6 Å². The van der Waals surface area contributed by atoms with Crippen molar-refractivity contribution in [3.63, 3.8) is 0 Å². The van der Waals surface area contributed by atoms with Gasteiger partial charge in [-0.2, -0.15) is 0 Å². The lowest BCUT2D eigenvalue weighted by Gasteiger charge is -2.29. The molecule has 0 saturated carbocycles. The summed E-state index contributed by atoms with van der Waals surface area (Å²) in [5.41, 5.74) is 4.65. The van der Waals surface area contributed by atoms with E-state index in [4.69, 9.17) is 0 Å². The SMILES string of the molecule is CCN(C)CN(CC)Cc1cc2c(c3ccccc13)CC2. The smallest absolute Gasteiger partial charge is 0.0506 e. The molecular weight excluding hydrogens is 256 g/mol. The Kier molecular flexibility index (Phi) is 4.27. The van der Waals surface area contributed by atoms with Gasteiger partial charge in [-0.3, -0.25) is 9.80 Å².